The fourth-order valence-electron chi connectivity index (χ4n) is 1.75. The van der Waals surface area contributed by atoms with Gasteiger partial charge in [-0.15, -0.1) is 23.4 Å². The average Bonchev–Trinajstić information content (AvgIpc) is 2.48. The normalized spacial score (nSPS) is 13.7. The fraction of sp³-hybridized carbons (Fsp3) is 0.500. The summed E-state index contributed by atoms with van der Waals surface area (Å²) in [4.78, 5) is 16.7. The number of aliphatic hydroxyl groups excluding tert-OH is 1. The number of aromatic nitrogens is 1. The van der Waals surface area contributed by atoms with Crippen molar-refractivity contribution in [2.45, 2.75) is 37.2 Å². The Bertz CT molecular complexity index is 582. The highest BCUT2D eigenvalue weighted by molar-refractivity contribution is 7.99. The highest BCUT2D eigenvalue weighted by Gasteiger charge is 2.26. The van der Waals surface area contributed by atoms with Crippen LogP contribution in [0.4, 0.5) is 0 Å². The van der Waals surface area contributed by atoms with Crippen LogP contribution < -0.4 is 5.32 Å². The number of alkyl halides is 1. The van der Waals surface area contributed by atoms with E-state index in [0.717, 1.165) is 0 Å². The van der Waals surface area contributed by atoms with Crippen molar-refractivity contribution in [3.8, 4) is 11.8 Å². The van der Waals surface area contributed by atoms with E-state index in [0.29, 0.717) is 23.0 Å². The fourth-order valence-corrected chi connectivity index (χ4v) is 2.72. The summed E-state index contributed by atoms with van der Waals surface area (Å²) in [6.45, 7) is 3.55. The maximum atomic E-state index is 12.5. The maximum Gasteiger partial charge on any atom is 0.240 e. The van der Waals surface area contributed by atoms with Crippen molar-refractivity contribution in [2.24, 2.45) is 0 Å². The molecule has 1 aromatic heterocycles. The summed E-state index contributed by atoms with van der Waals surface area (Å²) in [6, 6.07) is 3.43. The Labute approximate surface area is 151 Å². The molecule has 1 heterocycles. The summed E-state index contributed by atoms with van der Waals surface area (Å²) in [6.07, 6.45) is 2.95. The van der Waals surface area contributed by atoms with Gasteiger partial charge in [0.1, 0.15) is 11.4 Å². The van der Waals surface area contributed by atoms with E-state index >= 15 is 0 Å². The largest absolute Gasteiger partial charge is 0.380 e. The first-order valence-electron chi connectivity index (χ1n) is 7.02. The molecule has 0 aliphatic rings. The predicted octanol–water partition coefficient (Wildman–Crippen LogP) is 3.03. The second kappa shape index (κ2) is 9.39. The van der Waals surface area contributed by atoms with E-state index in [9.17, 15) is 9.90 Å². The maximum absolute atomic E-state index is 12.5. The van der Waals surface area contributed by atoms with Gasteiger partial charge in [0.25, 0.3) is 0 Å². The highest BCUT2D eigenvalue weighted by atomic mass is 35.5. The van der Waals surface area contributed by atoms with Crippen molar-refractivity contribution in [1.82, 2.24) is 10.3 Å². The molecular weight excluding hydrogens is 355 g/mol. The number of carbonyl (C=O) groups excluding carboxylic acids is 1. The molecule has 4 nitrogen and oxygen atoms in total. The second-order valence-corrected chi connectivity index (χ2v) is 7.15. The minimum Gasteiger partial charge on any atom is -0.380 e. The van der Waals surface area contributed by atoms with Gasteiger partial charge in [-0.3, -0.25) is 9.78 Å². The van der Waals surface area contributed by atoms with Gasteiger partial charge in [0.15, 0.2) is 0 Å². The van der Waals surface area contributed by atoms with Gasteiger partial charge in [0.2, 0.25) is 5.91 Å². The van der Waals surface area contributed by atoms with Gasteiger partial charge in [-0.1, -0.05) is 23.4 Å². The van der Waals surface area contributed by atoms with E-state index < -0.39 is 16.9 Å². The summed E-state index contributed by atoms with van der Waals surface area (Å²) in [5.74, 6) is 5.71. The van der Waals surface area contributed by atoms with Gasteiger partial charge in [-0.05, 0) is 38.7 Å². The lowest BCUT2D eigenvalue weighted by Crippen LogP contribution is -2.44. The quantitative estimate of drug-likeness (QED) is 0.593. The first-order chi connectivity index (χ1) is 10.8. The Hall–Kier alpha value is -0.930. The van der Waals surface area contributed by atoms with Crippen LogP contribution in [0.25, 0.3) is 0 Å². The van der Waals surface area contributed by atoms with Crippen LogP contribution in [0.15, 0.2) is 18.3 Å². The van der Waals surface area contributed by atoms with Crippen LogP contribution in [0.2, 0.25) is 5.02 Å². The van der Waals surface area contributed by atoms with E-state index in [4.69, 9.17) is 23.2 Å². The number of hydrogen-bond donors (Lipinski definition) is 2. The number of amides is 1. The molecule has 23 heavy (non-hydrogen) atoms. The predicted molar refractivity (Wildman–Crippen MR) is 96.8 cm³/mol. The van der Waals surface area contributed by atoms with Crippen LogP contribution in [0, 0.1) is 11.8 Å². The Kier molecular flexibility index (Phi) is 8.21. The summed E-state index contributed by atoms with van der Waals surface area (Å²) < 4.78 is 0. The molecule has 0 spiro atoms. The smallest absolute Gasteiger partial charge is 0.240 e. The van der Waals surface area contributed by atoms with Crippen molar-refractivity contribution < 1.29 is 9.90 Å². The number of halogens is 2. The Balaban J connectivity index is 2.80. The molecule has 126 valence electrons. The molecule has 0 fully saturated rings. The monoisotopic (exact) mass is 374 g/mol. The van der Waals surface area contributed by atoms with Crippen LogP contribution in [-0.4, -0.2) is 39.8 Å². The summed E-state index contributed by atoms with van der Waals surface area (Å²) in [5.41, 5.74) is -0.143. The van der Waals surface area contributed by atoms with E-state index in [1.165, 1.54) is 18.0 Å². The van der Waals surface area contributed by atoms with Gasteiger partial charge >= 0.3 is 0 Å². The van der Waals surface area contributed by atoms with Crippen molar-refractivity contribution in [3.05, 3.63) is 29.0 Å². The molecule has 0 aliphatic carbocycles. The first kappa shape index (κ1) is 20.1. The van der Waals surface area contributed by atoms with Crippen molar-refractivity contribution in [1.29, 1.82) is 0 Å². The van der Waals surface area contributed by atoms with Gasteiger partial charge in [0.05, 0.1) is 16.3 Å². The zero-order valence-electron chi connectivity index (χ0n) is 13.3. The van der Waals surface area contributed by atoms with Crippen molar-refractivity contribution in [3.63, 3.8) is 0 Å². The number of aliphatic hydroxyl groups is 1. The summed E-state index contributed by atoms with van der Waals surface area (Å²) >= 11 is 12.8. The molecule has 2 N–H and O–H groups in total. The van der Waals surface area contributed by atoms with E-state index in [2.05, 4.69) is 22.1 Å². The summed E-state index contributed by atoms with van der Waals surface area (Å²) in [7, 11) is 0. The van der Waals surface area contributed by atoms with Crippen molar-refractivity contribution in [2.75, 3.05) is 12.1 Å². The average molecular weight is 375 g/mol. The summed E-state index contributed by atoms with van der Waals surface area (Å²) in [5, 5.41) is 12.5. The molecule has 0 saturated carbocycles. The molecule has 0 bridgehead atoms. The molecule has 0 aromatic carbocycles. The number of carbonyl (C=O) groups is 1. The van der Waals surface area contributed by atoms with Crippen LogP contribution in [0.3, 0.4) is 0 Å². The van der Waals surface area contributed by atoms with E-state index in [1.807, 2.05) is 6.26 Å². The number of nitrogens with zero attached hydrogens (tertiary/aromatic N) is 1. The lowest BCUT2D eigenvalue weighted by Gasteiger charge is -2.23. The SMILES string of the molecule is CSC(C(=O)NC(C)(C)C#CC(O)CCCl)c1ccc(Cl)cn1. The van der Waals surface area contributed by atoms with E-state index in [-0.39, 0.29) is 5.91 Å². The minimum absolute atomic E-state index is 0.196. The molecule has 2 unspecified atom stereocenters. The van der Waals surface area contributed by atoms with Crippen LogP contribution in [0.1, 0.15) is 31.2 Å². The molecule has 2 atom stereocenters. The standard InChI is InChI=1S/C16H20Cl2N2O2S/c1-16(2,8-6-12(21)7-9-17)20-15(22)14(23-3)13-5-4-11(18)10-19-13/h4-5,10,12,14,21H,7,9H2,1-3H3,(H,20,22). The molecule has 0 radical (unpaired) electrons. The molecular formula is C16H20Cl2N2O2S. The lowest BCUT2D eigenvalue weighted by atomic mass is 10.0. The molecule has 1 aromatic rings. The Morgan fingerprint density at radius 1 is 1.52 bits per heavy atom. The number of pyridine rings is 1. The Morgan fingerprint density at radius 3 is 2.74 bits per heavy atom. The van der Waals surface area contributed by atoms with Crippen LogP contribution in [0.5, 0.6) is 0 Å². The molecule has 0 saturated heterocycles. The minimum atomic E-state index is -0.794. The third-order valence-electron chi connectivity index (χ3n) is 2.86. The lowest BCUT2D eigenvalue weighted by molar-refractivity contribution is -0.121. The molecule has 0 aliphatic heterocycles. The second-order valence-electron chi connectivity index (χ2n) is 5.39. The van der Waals surface area contributed by atoms with Crippen LogP contribution in [-0.2, 0) is 4.79 Å². The number of hydrogen-bond acceptors (Lipinski definition) is 4. The van der Waals surface area contributed by atoms with Crippen molar-refractivity contribution >= 4 is 40.9 Å². The molecule has 1 amide bonds. The molecule has 7 heteroatoms. The van der Waals surface area contributed by atoms with Gasteiger partial charge in [-0.25, -0.2) is 0 Å². The zero-order chi connectivity index (χ0) is 17.5. The van der Waals surface area contributed by atoms with Gasteiger partial charge in [0, 0.05) is 12.1 Å². The third-order valence-corrected chi connectivity index (χ3v) is 4.23. The topological polar surface area (TPSA) is 62.2 Å². The molecule has 1 rings (SSSR count). The highest BCUT2D eigenvalue weighted by Crippen LogP contribution is 2.26. The number of thioether (sulfide) groups is 1. The number of rotatable bonds is 6. The Morgan fingerprint density at radius 2 is 2.22 bits per heavy atom. The third kappa shape index (κ3) is 7.01. The number of nitrogens with one attached hydrogen (secondary N) is 1. The van der Waals surface area contributed by atoms with Crippen LogP contribution >= 0.6 is 35.0 Å². The van der Waals surface area contributed by atoms with E-state index in [1.54, 1.807) is 26.0 Å². The van der Waals surface area contributed by atoms with Gasteiger partial charge < -0.3 is 10.4 Å². The zero-order valence-corrected chi connectivity index (χ0v) is 15.6. The first-order valence-corrected chi connectivity index (χ1v) is 9.22. The van der Waals surface area contributed by atoms with Gasteiger partial charge in [-0.2, -0.15) is 0 Å².